The lowest BCUT2D eigenvalue weighted by Gasteiger charge is -2.10. The van der Waals surface area contributed by atoms with E-state index in [9.17, 15) is 4.39 Å². The van der Waals surface area contributed by atoms with Crippen molar-refractivity contribution < 1.29 is 4.39 Å². The normalized spacial score (nSPS) is 10.4. The van der Waals surface area contributed by atoms with Gasteiger partial charge in [-0.25, -0.2) is 4.39 Å². The van der Waals surface area contributed by atoms with E-state index in [-0.39, 0.29) is 0 Å². The van der Waals surface area contributed by atoms with Crippen LogP contribution in [0.4, 0.5) is 4.39 Å². The number of halogens is 3. The summed E-state index contributed by atoms with van der Waals surface area (Å²) in [6.45, 7) is -0.512. The number of rotatable bonds is 2. The summed E-state index contributed by atoms with van der Waals surface area (Å²) in [5, 5.41) is 0.635. The molecule has 0 aromatic heterocycles. The van der Waals surface area contributed by atoms with Crippen LogP contribution in [-0.2, 0) is 6.67 Å². The van der Waals surface area contributed by atoms with E-state index >= 15 is 0 Å². The maximum Gasteiger partial charge on any atom is 0.116 e. The van der Waals surface area contributed by atoms with Gasteiger partial charge in [0.05, 0.1) is 0 Å². The molecule has 3 heteroatoms. The molecule has 2 aromatic rings. The zero-order valence-corrected chi connectivity index (χ0v) is 10.7. The Morgan fingerprint density at radius 3 is 2.38 bits per heavy atom. The quantitative estimate of drug-likeness (QED) is 0.711. The lowest BCUT2D eigenvalue weighted by molar-refractivity contribution is 0.485. The molecule has 0 bridgehead atoms. The molecule has 2 aromatic carbocycles. The topological polar surface area (TPSA) is 0 Å². The van der Waals surface area contributed by atoms with Gasteiger partial charge >= 0.3 is 0 Å². The highest BCUT2D eigenvalue weighted by molar-refractivity contribution is 9.10. The molecule has 82 valence electrons. The second kappa shape index (κ2) is 4.98. The Bertz CT molecular complexity index is 511. The molecule has 0 unspecified atom stereocenters. The van der Waals surface area contributed by atoms with Crippen molar-refractivity contribution in [1.29, 1.82) is 0 Å². The summed E-state index contributed by atoms with van der Waals surface area (Å²) >= 11 is 9.45. The first-order valence-corrected chi connectivity index (χ1v) is 5.99. The van der Waals surface area contributed by atoms with E-state index in [1.54, 1.807) is 6.07 Å². The zero-order chi connectivity index (χ0) is 11.5. The maximum absolute atomic E-state index is 13.0. The van der Waals surface area contributed by atoms with Crippen LogP contribution in [-0.4, -0.2) is 0 Å². The van der Waals surface area contributed by atoms with Crippen LogP contribution in [0.5, 0.6) is 0 Å². The van der Waals surface area contributed by atoms with Gasteiger partial charge in [0, 0.05) is 20.6 Å². The van der Waals surface area contributed by atoms with Gasteiger partial charge in [-0.3, -0.25) is 0 Å². The second-order valence-corrected chi connectivity index (χ2v) is 4.64. The van der Waals surface area contributed by atoms with E-state index in [1.165, 1.54) is 0 Å². The largest absolute Gasteiger partial charge is 0.246 e. The summed E-state index contributed by atoms with van der Waals surface area (Å²) in [4.78, 5) is 0. The molecule has 16 heavy (non-hydrogen) atoms. The fourth-order valence-electron chi connectivity index (χ4n) is 1.63. The first-order chi connectivity index (χ1) is 7.74. The molecule has 0 aliphatic carbocycles. The Morgan fingerprint density at radius 1 is 1.00 bits per heavy atom. The molecule has 0 heterocycles. The van der Waals surface area contributed by atoms with Crippen molar-refractivity contribution in [1.82, 2.24) is 0 Å². The molecular formula is C13H9BrClF. The van der Waals surface area contributed by atoms with Crippen LogP contribution in [0.15, 0.2) is 46.9 Å². The van der Waals surface area contributed by atoms with Gasteiger partial charge < -0.3 is 0 Å². The first-order valence-electron chi connectivity index (χ1n) is 4.82. The second-order valence-electron chi connectivity index (χ2n) is 3.38. The van der Waals surface area contributed by atoms with Crippen LogP contribution in [0.3, 0.4) is 0 Å². The van der Waals surface area contributed by atoms with Gasteiger partial charge in [0.25, 0.3) is 0 Å². The molecule has 0 aliphatic rings. The van der Waals surface area contributed by atoms with Crippen molar-refractivity contribution in [3.8, 4) is 11.1 Å². The molecular weight excluding hydrogens is 290 g/mol. The highest BCUT2D eigenvalue weighted by atomic mass is 79.9. The van der Waals surface area contributed by atoms with E-state index < -0.39 is 6.67 Å². The third kappa shape index (κ3) is 2.13. The smallest absolute Gasteiger partial charge is 0.116 e. The number of alkyl halides is 1. The molecule has 0 N–H and O–H groups in total. The van der Waals surface area contributed by atoms with Crippen LogP contribution in [0.2, 0.25) is 5.02 Å². The molecule has 0 atom stereocenters. The van der Waals surface area contributed by atoms with Crippen LogP contribution in [0, 0.1) is 0 Å². The van der Waals surface area contributed by atoms with Crippen molar-refractivity contribution in [3.05, 3.63) is 57.5 Å². The monoisotopic (exact) mass is 298 g/mol. The fraction of sp³-hybridized carbons (Fsp3) is 0.0769. The third-order valence-electron chi connectivity index (χ3n) is 2.42. The Kier molecular flexibility index (Phi) is 3.62. The van der Waals surface area contributed by atoms with Gasteiger partial charge in [-0.1, -0.05) is 57.9 Å². The molecule has 0 radical (unpaired) electrons. The van der Waals surface area contributed by atoms with Gasteiger partial charge in [-0.2, -0.15) is 0 Å². The fourth-order valence-corrected chi connectivity index (χ4v) is 2.34. The van der Waals surface area contributed by atoms with Gasteiger partial charge in [-0.05, 0) is 17.7 Å². The minimum absolute atomic E-state index is 0.512. The standard InChI is InChI=1S/C13H9BrClF/c14-12-6-3-5-9(11(12)8-16)10-4-1-2-7-13(10)15/h1-7H,8H2. The molecule has 0 spiro atoms. The van der Waals surface area contributed by atoms with E-state index in [4.69, 9.17) is 11.6 Å². The van der Waals surface area contributed by atoms with Gasteiger partial charge in [0.1, 0.15) is 6.67 Å². The van der Waals surface area contributed by atoms with Crippen molar-refractivity contribution in [3.63, 3.8) is 0 Å². The Hall–Kier alpha value is -0.860. The average molecular weight is 300 g/mol. The zero-order valence-electron chi connectivity index (χ0n) is 8.38. The SMILES string of the molecule is FCc1c(Br)cccc1-c1ccccc1Cl. The molecule has 0 saturated heterocycles. The third-order valence-corrected chi connectivity index (χ3v) is 3.49. The van der Waals surface area contributed by atoms with Gasteiger partial charge in [0.2, 0.25) is 0 Å². The Labute approximate surface area is 107 Å². The highest BCUT2D eigenvalue weighted by Crippen LogP contribution is 2.34. The predicted molar refractivity (Wildman–Crippen MR) is 69.4 cm³/mol. The predicted octanol–water partition coefficient (Wildman–Crippen LogP) is 5.24. The molecule has 0 amide bonds. The molecule has 0 aliphatic heterocycles. The van der Waals surface area contributed by atoms with E-state index in [0.717, 1.165) is 15.6 Å². The van der Waals surface area contributed by atoms with Crippen molar-refractivity contribution in [2.24, 2.45) is 0 Å². The summed E-state index contributed by atoms with van der Waals surface area (Å²) in [7, 11) is 0. The lowest BCUT2D eigenvalue weighted by Crippen LogP contribution is -1.89. The molecule has 0 saturated carbocycles. The highest BCUT2D eigenvalue weighted by Gasteiger charge is 2.10. The van der Waals surface area contributed by atoms with E-state index in [2.05, 4.69) is 15.9 Å². The number of hydrogen-bond acceptors (Lipinski definition) is 0. The van der Waals surface area contributed by atoms with E-state index in [1.807, 2.05) is 36.4 Å². The Balaban J connectivity index is 2.65. The van der Waals surface area contributed by atoms with Crippen LogP contribution in [0.1, 0.15) is 5.56 Å². The maximum atomic E-state index is 13.0. The van der Waals surface area contributed by atoms with Crippen molar-refractivity contribution in [2.75, 3.05) is 0 Å². The van der Waals surface area contributed by atoms with Gasteiger partial charge in [0.15, 0.2) is 0 Å². The first kappa shape index (κ1) is 11.6. The minimum atomic E-state index is -0.512. The summed E-state index contributed by atoms with van der Waals surface area (Å²) in [6, 6.07) is 13.0. The molecule has 0 fully saturated rings. The minimum Gasteiger partial charge on any atom is -0.246 e. The molecule has 2 rings (SSSR count). The van der Waals surface area contributed by atoms with Crippen LogP contribution >= 0.6 is 27.5 Å². The van der Waals surface area contributed by atoms with Crippen molar-refractivity contribution >= 4 is 27.5 Å². The summed E-state index contributed by atoms with van der Waals surface area (Å²) < 4.78 is 13.8. The Morgan fingerprint density at radius 2 is 1.69 bits per heavy atom. The number of benzene rings is 2. The van der Waals surface area contributed by atoms with Crippen LogP contribution < -0.4 is 0 Å². The lowest BCUT2D eigenvalue weighted by atomic mass is 10.0. The van der Waals surface area contributed by atoms with Gasteiger partial charge in [-0.15, -0.1) is 0 Å². The number of hydrogen-bond donors (Lipinski definition) is 0. The average Bonchev–Trinajstić information content (AvgIpc) is 2.29. The van der Waals surface area contributed by atoms with E-state index in [0.29, 0.717) is 10.6 Å². The van der Waals surface area contributed by atoms with Crippen LogP contribution in [0.25, 0.3) is 11.1 Å². The van der Waals surface area contributed by atoms with Crippen molar-refractivity contribution in [2.45, 2.75) is 6.67 Å². The molecule has 0 nitrogen and oxygen atoms in total. The summed E-state index contributed by atoms with van der Waals surface area (Å²) in [5.74, 6) is 0. The summed E-state index contributed by atoms with van der Waals surface area (Å²) in [5.41, 5.74) is 2.33. The summed E-state index contributed by atoms with van der Waals surface area (Å²) in [6.07, 6.45) is 0.